The zero-order valence-corrected chi connectivity index (χ0v) is 12.2. The van der Waals surface area contributed by atoms with Crippen molar-refractivity contribution in [3.63, 3.8) is 0 Å². The van der Waals surface area contributed by atoms with Crippen LogP contribution in [0.15, 0.2) is 30.5 Å². The number of carbonyl (C=O) groups is 1. The lowest BCUT2D eigenvalue weighted by Gasteiger charge is -2.08. The molecular formula is C14H17ClN4O. The lowest BCUT2D eigenvalue weighted by Crippen LogP contribution is -2.22. The Balaban J connectivity index is 1.94. The van der Waals surface area contributed by atoms with Crippen molar-refractivity contribution in [1.82, 2.24) is 9.78 Å². The zero-order valence-electron chi connectivity index (χ0n) is 11.5. The molecule has 1 amide bonds. The third kappa shape index (κ3) is 3.51. The van der Waals surface area contributed by atoms with Crippen LogP contribution >= 0.6 is 11.6 Å². The number of rotatable bonds is 5. The normalized spacial score (nSPS) is 10.3. The Labute approximate surface area is 122 Å². The quantitative estimate of drug-likeness (QED) is 0.891. The molecule has 2 rings (SSSR count). The van der Waals surface area contributed by atoms with Gasteiger partial charge in [0.25, 0.3) is 0 Å². The fourth-order valence-electron chi connectivity index (χ4n) is 1.88. The first-order chi connectivity index (χ1) is 9.60. The molecule has 0 spiro atoms. The molecule has 0 saturated carbocycles. The number of anilines is 2. The van der Waals surface area contributed by atoms with Crippen LogP contribution in [0.2, 0.25) is 5.02 Å². The molecule has 1 heterocycles. The Bertz CT molecular complexity index is 609. The van der Waals surface area contributed by atoms with Gasteiger partial charge in [0.2, 0.25) is 5.91 Å². The van der Waals surface area contributed by atoms with Gasteiger partial charge >= 0.3 is 0 Å². The summed E-state index contributed by atoms with van der Waals surface area (Å²) in [7, 11) is 1.86. The number of aryl methyl sites for hydroxylation is 2. The Morgan fingerprint density at radius 3 is 2.80 bits per heavy atom. The van der Waals surface area contributed by atoms with Crippen LogP contribution in [0.25, 0.3) is 0 Å². The van der Waals surface area contributed by atoms with Gasteiger partial charge in [0.1, 0.15) is 0 Å². The monoisotopic (exact) mass is 292 g/mol. The van der Waals surface area contributed by atoms with E-state index in [1.165, 1.54) is 0 Å². The van der Waals surface area contributed by atoms with E-state index in [-0.39, 0.29) is 12.5 Å². The fourth-order valence-corrected chi connectivity index (χ4v) is 2.06. The topological polar surface area (TPSA) is 59.0 Å². The van der Waals surface area contributed by atoms with Crippen LogP contribution in [0.5, 0.6) is 0 Å². The number of nitrogens with zero attached hydrogens (tertiary/aromatic N) is 2. The summed E-state index contributed by atoms with van der Waals surface area (Å²) in [4.78, 5) is 11.9. The maximum atomic E-state index is 11.9. The van der Waals surface area contributed by atoms with Crippen LogP contribution in [0, 0.1) is 0 Å². The smallest absolute Gasteiger partial charge is 0.243 e. The number of nitrogens with one attached hydrogen (secondary N) is 2. The second kappa shape index (κ2) is 6.43. The van der Waals surface area contributed by atoms with E-state index in [2.05, 4.69) is 15.7 Å². The van der Waals surface area contributed by atoms with Gasteiger partial charge in [-0.15, -0.1) is 0 Å². The molecular weight excluding hydrogens is 276 g/mol. The predicted molar refractivity (Wildman–Crippen MR) is 81.2 cm³/mol. The average molecular weight is 293 g/mol. The van der Waals surface area contributed by atoms with E-state index >= 15 is 0 Å². The summed E-state index contributed by atoms with van der Waals surface area (Å²) in [5, 5.41) is 10.7. The standard InChI is InChI=1S/C14H17ClN4O/c1-3-11-13(9-19(2)18-11)16-8-14(20)17-12-7-5-4-6-10(12)15/h4-7,9,16H,3,8H2,1-2H3,(H,17,20). The largest absolute Gasteiger partial charge is 0.373 e. The van der Waals surface area contributed by atoms with E-state index < -0.39 is 0 Å². The van der Waals surface area contributed by atoms with Crippen molar-refractivity contribution in [3.8, 4) is 0 Å². The summed E-state index contributed by atoms with van der Waals surface area (Å²) in [5.74, 6) is -0.149. The summed E-state index contributed by atoms with van der Waals surface area (Å²) in [6.45, 7) is 2.20. The molecule has 0 unspecified atom stereocenters. The minimum Gasteiger partial charge on any atom is -0.373 e. The first kappa shape index (κ1) is 14.4. The maximum absolute atomic E-state index is 11.9. The highest BCUT2D eigenvalue weighted by molar-refractivity contribution is 6.33. The van der Waals surface area contributed by atoms with Crippen LogP contribution in [0.3, 0.4) is 0 Å². The van der Waals surface area contributed by atoms with Gasteiger partial charge in [-0.3, -0.25) is 9.48 Å². The molecule has 0 saturated heterocycles. The molecule has 6 heteroatoms. The van der Waals surface area contributed by atoms with Crippen molar-refractivity contribution >= 4 is 28.9 Å². The number of halogens is 1. The third-order valence-electron chi connectivity index (χ3n) is 2.83. The molecule has 1 aromatic carbocycles. The van der Waals surface area contributed by atoms with E-state index in [9.17, 15) is 4.79 Å². The van der Waals surface area contributed by atoms with Crippen LogP contribution in [0.1, 0.15) is 12.6 Å². The van der Waals surface area contributed by atoms with Crippen molar-refractivity contribution in [2.24, 2.45) is 7.05 Å². The number of hydrogen-bond acceptors (Lipinski definition) is 3. The Hall–Kier alpha value is -2.01. The first-order valence-electron chi connectivity index (χ1n) is 6.41. The van der Waals surface area contributed by atoms with Crippen molar-refractivity contribution < 1.29 is 4.79 Å². The summed E-state index contributed by atoms with van der Waals surface area (Å²) in [5.41, 5.74) is 2.44. The van der Waals surface area contributed by atoms with E-state index in [1.807, 2.05) is 32.3 Å². The summed E-state index contributed by atoms with van der Waals surface area (Å²) >= 11 is 5.99. The molecule has 0 aliphatic heterocycles. The summed E-state index contributed by atoms with van der Waals surface area (Å²) in [6, 6.07) is 7.15. The number of benzene rings is 1. The van der Waals surface area contributed by atoms with Gasteiger partial charge < -0.3 is 10.6 Å². The van der Waals surface area contributed by atoms with Crippen LogP contribution in [0.4, 0.5) is 11.4 Å². The minimum atomic E-state index is -0.149. The van der Waals surface area contributed by atoms with E-state index in [4.69, 9.17) is 11.6 Å². The predicted octanol–water partition coefficient (Wildman–Crippen LogP) is 2.69. The van der Waals surface area contributed by atoms with E-state index in [0.29, 0.717) is 10.7 Å². The number of aromatic nitrogens is 2. The molecule has 5 nitrogen and oxygen atoms in total. The van der Waals surface area contributed by atoms with Gasteiger partial charge in [-0.1, -0.05) is 30.7 Å². The zero-order chi connectivity index (χ0) is 14.5. The highest BCUT2D eigenvalue weighted by atomic mass is 35.5. The molecule has 0 radical (unpaired) electrons. The Morgan fingerprint density at radius 2 is 2.10 bits per heavy atom. The Morgan fingerprint density at radius 1 is 1.35 bits per heavy atom. The van der Waals surface area contributed by atoms with Crippen molar-refractivity contribution in [1.29, 1.82) is 0 Å². The number of hydrogen-bond donors (Lipinski definition) is 2. The van der Waals surface area contributed by atoms with Crippen molar-refractivity contribution in [3.05, 3.63) is 41.2 Å². The lowest BCUT2D eigenvalue weighted by molar-refractivity contribution is -0.114. The van der Waals surface area contributed by atoms with Gasteiger partial charge in [0.15, 0.2) is 0 Å². The number of carbonyl (C=O) groups excluding carboxylic acids is 1. The van der Waals surface area contributed by atoms with Gasteiger partial charge in [-0.05, 0) is 18.6 Å². The number of para-hydroxylation sites is 1. The highest BCUT2D eigenvalue weighted by Gasteiger charge is 2.08. The molecule has 0 aliphatic rings. The molecule has 0 fully saturated rings. The molecule has 106 valence electrons. The molecule has 0 aliphatic carbocycles. The molecule has 0 bridgehead atoms. The van der Waals surface area contributed by atoms with E-state index in [0.717, 1.165) is 17.8 Å². The second-order valence-corrected chi connectivity index (χ2v) is 4.81. The highest BCUT2D eigenvalue weighted by Crippen LogP contribution is 2.20. The molecule has 0 atom stereocenters. The van der Waals surface area contributed by atoms with Crippen LogP contribution in [-0.2, 0) is 18.3 Å². The average Bonchev–Trinajstić information content (AvgIpc) is 2.79. The van der Waals surface area contributed by atoms with Gasteiger partial charge in [0.05, 0.1) is 28.6 Å². The first-order valence-corrected chi connectivity index (χ1v) is 6.78. The molecule has 2 aromatic rings. The van der Waals surface area contributed by atoms with Crippen LogP contribution < -0.4 is 10.6 Å². The van der Waals surface area contributed by atoms with Crippen LogP contribution in [-0.4, -0.2) is 22.2 Å². The van der Waals surface area contributed by atoms with Gasteiger partial charge in [0, 0.05) is 13.2 Å². The van der Waals surface area contributed by atoms with Crippen molar-refractivity contribution in [2.75, 3.05) is 17.2 Å². The second-order valence-electron chi connectivity index (χ2n) is 4.40. The lowest BCUT2D eigenvalue weighted by atomic mass is 10.3. The molecule has 2 N–H and O–H groups in total. The third-order valence-corrected chi connectivity index (χ3v) is 3.16. The molecule has 1 aromatic heterocycles. The SMILES string of the molecule is CCc1nn(C)cc1NCC(=O)Nc1ccccc1Cl. The fraction of sp³-hybridized carbons (Fsp3) is 0.286. The van der Waals surface area contributed by atoms with Crippen molar-refractivity contribution in [2.45, 2.75) is 13.3 Å². The summed E-state index contributed by atoms with van der Waals surface area (Å²) < 4.78 is 1.73. The van der Waals surface area contributed by atoms with Gasteiger partial charge in [-0.2, -0.15) is 5.10 Å². The number of amides is 1. The Kier molecular flexibility index (Phi) is 4.63. The summed E-state index contributed by atoms with van der Waals surface area (Å²) in [6.07, 6.45) is 2.68. The maximum Gasteiger partial charge on any atom is 0.243 e. The van der Waals surface area contributed by atoms with Gasteiger partial charge in [-0.25, -0.2) is 0 Å². The minimum absolute atomic E-state index is 0.149. The molecule has 20 heavy (non-hydrogen) atoms. The van der Waals surface area contributed by atoms with E-state index in [1.54, 1.807) is 16.8 Å².